The minimum Gasteiger partial charge on any atom is -0.481 e. The number of aryl methyl sites for hydroxylation is 1. The molecule has 2 rings (SSSR count). The first-order valence-corrected chi connectivity index (χ1v) is 6.22. The zero-order valence-corrected chi connectivity index (χ0v) is 11.3. The van der Waals surface area contributed by atoms with E-state index in [0.29, 0.717) is 5.82 Å². The highest BCUT2D eigenvalue weighted by Gasteiger charge is 2.36. The Morgan fingerprint density at radius 3 is 2.88 bits per heavy atom. The first kappa shape index (κ1) is 12.3. The van der Waals surface area contributed by atoms with Crippen LogP contribution in [0.1, 0.15) is 12.0 Å². The van der Waals surface area contributed by atoms with E-state index in [1.807, 2.05) is 13.0 Å². The maximum Gasteiger partial charge on any atom is 0.308 e. The number of amides is 1. The van der Waals surface area contributed by atoms with Crippen molar-refractivity contribution < 1.29 is 14.7 Å². The van der Waals surface area contributed by atoms with Crippen LogP contribution in [0.25, 0.3) is 0 Å². The number of carboxylic acids is 1. The van der Waals surface area contributed by atoms with Gasteiger partial charge in [0.1, 0.15) is 5.82 Å². The summed E-state index contributed by atoms with van der Waals surface area (Å²) in [5.41, 5.74) is 0.885. The van der Waals surface area contributed by atoms with Gasteiger partial charge in [0.2, 0.25) is 5.91 Å². The fraction of sp³-hybridized carbons (Fsp3) is 0.364. The second-order valence-electron chi connectivity index (χ2n) is 4.04. The fourth-order valence-electron chi connectivity index (χ4n) is 1.89. The van der Waals surface area contributed by atoms with Gasteiger partial charge in [-0.25, -0.2) is 4.98 Å². The summed E-state index contributed by atoms with van der Waals surface area (Å²) >= 11 is 2.15. The smallest absolute Gasteiger partial charge is 0.308 e. The molecule has 0 bridgehead atoms. The molecule has 1 N–H and O–H groups in total. The predicted molar refractivity (Wildman–Crippen MR) is 69.8 cm³/mol. The summed E-state index contributed by atoms with van der Waals surface area (Å²) in [6.45, 7) is 2.08. The van der Waals surface area contributed by atoms with Gasteiger partial charge in [-0.05, 0) is 41.1 Å². The van der Waals surface area contributed by atoms with Crippen molar-refractivity contribution in [3.63, 3.8) is 0 Å². The van der Waals surface area contributed by atoms with E-state index in [-0.39, 0.29) is 18.9 Å². The van der Waals surface area contributed by atoms with Crippen molar-refractivity contribution in [1.82, 2.24) is 4.98 Å². The molecule has 0 radical (unpaired) electrons. The van der Waals surface area contributed by atoms with Crippen molar-refractivity contribution in [2.45, 2.75) is 13.3 Å². The molecular weight excluding hydrogens is 335 g/mol. The summed E-state index contributed by atoms with van der Waals surface area (Å²) in [6.07, 6.45) is 1.73. The fourth-order valence-corrected chi connectivity index (χ4v) is 2.50. The standard InChI is InChI=1S/C11H11IN2O3/c1-6-2-8(12)4-13-10(6)14-5-7(11(16)17)3-9(14)15/h2,4,7H,3,5H2,1H3,(H,16,17). The normalized spacial score (nSPS) is 19.8. The Bertz CT molecular complexity index is 490. The number of hydrogen-bond donors (Lipinski definition) is 1. The summed E-state index contributed by atoms with van der Waals surface area (Å²) < 4.78 is 0.991. The zero-order chi connectivity index (χ0) is 12.6. The quantitative estimate of drug-likeness (QED) is 0.823. The van der Waals surface area contributed by atoms with Gasteiger partial charge in [-0.1, -0.05) is 0 Å². The number of carboxylic acid groups (broad SMARTS) is 1. The monoisotopic (exact) mass is 346 g/mol. The van der Waals surface area contributed by atoms with E-state index in [2.05, 4.69) is 27.6 Å². The number of halogens is 1. The van der Waals surface area contributed by atoms with Crippen LogP contribution in [-0.4, -0.2) is 28.5 Å². The van der Waals surface area contributed by atoms with E-state index in [4.69, 9.17) is 5.11 Å². The second kappa shape index (κ2) is 4.59. The Morgan fingerprint density at radius 2 is 2.35 bits per heavy atom. The first-order chi connectivity index (χ1) is 7.99. The average molecular weight is 346 g/mol. The van der Waals surface area contributed by atoms with Gasteiger partial charge in [0.15, 0.2) is 0 Å². The summed E-state index contributed by atoms with van der Waals surface area (Å²) in [5.74, 6) is -1.15. The molecule has 17 heavy (non-hydrogen) atoms. The van der Waals surface area contributed by atoms with Crippen molar-refractivity contribution in [2.75, 3.05) is 11.4 Å². The summed E-state index contributed by atoms with van der Waals surface area (Å²) in [6, 6.07) is 1.92. The third kappa shape index (κ3) is 2.41. The van der Waals surface area contributed by atoms with Gasteiger partial charge in [-0.2, -0.15) is 0 Å². The minimum atomic E-state index is -0.927. The average Bonchev–Trinajstić information content (AvgIpc) is 2.61. The van der Waals surface area contributed by atoms with Gasteiger partial charge in [-0.15, -0.1) is 0 Å². The van der Waals surface area contributed by atoms with E-state index < -0.39 is 11.9 Å². The lowest BCUT2D eigenvalue weighted by molar-refractivity contribution is -0.141. The van der Waals surface area contributed by atoms with Gasteiger partial charge >= 0.3 is 5.97 Å². The van der Waals surface area contributed by atoms with Crippen molar-refractivity contribution in [3.8, 4) is 0 Å². The number of anilines is 1. The predicted octanol–water partition coefficient (Wildman–Crippen LogP) is 1.43. The zero-order valence-electron chi connectivity index (χ0n) is 9.18. The molecular formula is C11H11IN2O3. The molecule has 90 valence electrons. The molecule has 1 fully saturated rings. The van der Waals surface area contributed by atoms with Crippen molar-refractivity contribution >= 4 is 40.3 Å². The van der Waals surface area contributed by atoms with Crippen molar-refractivity contribution in [2.24, 2.45) is 5.92 Å². The molecule has 1 amide bonds. The molecule has 6 heteroatoms. The molecule has 1 aromatic rings. The van der Waals surface area contributed by atoms with Gasteiger partial charge in [0, 0.05) is 22.7 Å². The molecule has 1 aliphatic rings. The Labute approximate surface area is 112 Å². The molecule has 1 unspecified atom stereocenters. The molecule has 0 saturated carbocycles. The number of nitrogens with zero attached hydrogens (tertiary/aromatic N) is 2. The van der Waals surface area contributed by atoms with Crippen LogP contribution in [0, 0.1) is 16.4 Å². The van der Waals surface area contributed by atoms with E-state index in [1.165, 1.54) is 4.90 Å². The molecule has 0 aromatic carbocycles. The van der Waals surface area contributed by atoms with Crippen LogP contribution in [-0.2, 0) is 9.59 Å². The maximum absolute atomic E-state index is 11.7. The molecule has 1 aliphatic heterocycles. The van der Waals surface area contributed by atoms with Crippen LogP contribution in [0.15, 0.2) is 12.3 Å². The molecule has 2 heterocycles. The first-order valence-electron chi connectivity index (χ1n) is 5.14. The second-order valence-corrected chi connectivity index (χ2v) is 5.28. The van der Waals surface area contributed by atoms with Crippen LogP contribution in [0.5, 0.6) is 0 Å². The number of rotatable bonds is 2. The van der Waals surface area contributed by atoms with Crippen LogP contribution in [0.2, 0.25) is 0 Å². The highest BCUT2D eigenvalue weighted by molar-refractivity contribution is 14.1. The van der Waals surface area contributed by atoms with Crippen LogP contribution in [0.3, 0.4) is 0 Å². The van der Waals surface area contributed by atoms with E-state index in [9.17, 15) is 9.59 Å². The van der Waals surface area contributed by atoms with Crippen LogP contribution >= 0.6 is 22.6 Å². The Balaban J connectivity index is 2.29. The number of carbonyl (C=O) groups excluding carboxylic acids is 1. The Hall–Kier alpha value is -1.18. The third-order valence-electron chi connectivity index (χ3n) is 2.75. The number of aliphatic carboxylic acids is 1. The third-order valence-corrected chi connectivity index (χ3v) is 3.34. The number of carbonyl (C=O) groups is 2. The molecule has 0 spiro atoms. The lowest BCUT2D eigenvalue weighted by atomic mass is 10.1. The summed E-state index contributed by atoms with van der Waals surface area (Å²) in [5, 5.41) is 8.91. The van der Waals surface area contributed by atoms with Gasteiger partial charge in [0.05, 0.1) is 5.92 Å². The highest BCUT2D eigenvalue weighted by atomic mass is 127. The van der Waals surface area contributed by atoms with Gasteiger partial charge in [-0.3, -0.25) is 14.5 Å². The molecule has 0 aliphatic carbocycles. The summed E-state index contributed by atoms with van der Waals surface area (Å²) in [4.78, 5) is 28.3. The van der Waals surface area contributed by atoms with Crippen LogP contribution < -0.4 is 4.90 Å². The SMILES string of the molecule is Cc1cc(I)cnc1N1CC(C(=O)O)CC1=O. The Kier molecular flexibility index (Phi) is 3.32. The lowest BCUT2D eigenvalue weighted by Crippen LogP contribution is -2.27. The van der Waals surface area contributed by atoms with E-state index >= 15 is 0 Å². The maximum atomic E-state index is 11.7. The molecule has 1 aromatic heterocycles. The van der Waals surface area contributed by atoms with Gasteiger partial charge in [0.25, 0.3) is 0 Å². The number of hydrogen-bond acceptors (Lipinski definition) is 3. The summed E-state index contributed by atoms with van der Waals surface area (Å²) in [7, 11) is 0. The molecule has 5 nitrogen and oxygen atoms in total. The lowest BCUT2D eigenvalue weighted by Gasteiger charge is -2.17. The van der Waals surface area contributed by atoms with E-state index in [0.717, 1.165) is 9.13 Å². The Morgan fingerprint density at radius 1 is 1.65 bits per heavy atom. The number of pyridine rings is 1. The topological polar surface area (TPSA) is 70.5 Å². The van der Waals surface area contributed by atoms with Crippen LogP contribution in [0.4, 0.5) is 5.82 Å². The van der Waals surface area contributed by atoms with Crippen molar-refractivity contribution in [3.05, 3.63) is 21.4 Å². The number of aromatic nitrogens is 1. The molecule has 1 atom stereocenters. The van der Waals surface area contributed by atoms with Gasteiger partial charge < -0.3 is 5.11 Å². The van der Waals surface area contributed by atoms with E-state index in [1.54, 1.807) is 6.20 Å². The largest absolute Gasteiger partial charge is 0.481 e. The van der Waals surface area contributed by atoms with Crippen molar-refractivity contribution in [1.29, 1.82) is 0 Å². The highest BCUT2D eigenvalue weighted by Crippen LogP contribution is 2.26. The molecule has 1 saturated heterocycles. The minimum absolute atomic E-state index is 0.0580.